The number of rotatable bonds is 4. The zero-order chi connectivity index (χ0) is 32.2. The number of hydrogen-bond donors (Lipinski definition) is 0. The second-order valence-corrected chi connectivity index (χ2v) is 18.9. The molecule has 2 aliphatic rings. The van der Waals surface area contributed by atoms with Crippen LogP contribution in [0.3, 0.4) is 0 Å². The van der Waals surface area contributed by atoms with E-state index in [0.29, 0.717) is 26.4 Å². The maximum atomic E-state index is 6.46. The molecule has 0 amide bonds. The fraction of sp³-hybridized carbons (Fsp3) is 0.657. The van der Waals surface area contributed by atoms with Gasteiger partial charge in [-0.15, -0.1) is 0 Å². The highest BCUT2D eigenvalue weighted by Crippen LogP contribution is 2.55. The smallest absolute Gasteiger partial charge is 0.397 e. The van der Waals surface area contributed by atoms with Crippen molar-refractivity contribution >= 4 is 17.2 Å². The third kappa shape index (κ3) is 8.13. The van der Waals surface area contributed by atoms with E-state index in [1.54, 1.807) is 0 Å². The van der Waals surface area contributed by atoms with E-state index in [1.807, 2.05) is 0 Å². The van der Waals surface area contributed by atoms with Crippen LogP contribution in [0.2, 0.25) is 0 Å². The SMILES string of the molecule is Cc1cc(C(C)(C)C)cc(C(C)(C)C)c1OP1OCC2(CO1)COP(Oc1c(C)cc(C(C)(C)C)cc1C(C)(C)C)OC2. The maximum Gasteiger partial charge on any atom is 0.397 e. The van der Waals surface area contributed by atoms with E-state index in [-0.39, 0.29) is 27.1 Å². The molecule has 2 aromatic carbocycles. The number of hydrogen-bond acceptors (Lipinski definition) is 6. The van der Waals surface area contributed by atoms with Gasteiger partial charge in [0.15, 0.2) is 0 Å². The molecule has 0 aliphatic carbocycles. The molecule has 0 radical (unpaired) electrons. The summed E-state index contributed by atoms with van der Waals surface area (Å²) < 4.78 is 37.7. The largest absolute Gasteiger partial charge is 0.426 e. The van der Waals surface area contributed by atoms with Crippen molar-refractivity contribution in [1.82, 2.24) is 0 Å². The molecule has 2 fully saturated rings. The lowest BCUT2D eigenvalue weighted by Gasteiger charge is -2.42. The van der Waals surface area contributed by atoms with Crippen molar-refractivity contribution < 1.29 is 27.1 Å². The van der Waals surface area contributed by atoms with Gasteiger partial charge in [-0.05, 0) is 57.8 Å². The predicted molar refractivity (Wildman–Crippen MR) is 178 cm³/mol. The first-order valence-electron chi connectivity index (χ1n) is 15.4. The Hall–Kier alpha value is -1.26. The highest BCUT2D eigenvalue weighted by molar-refractivity contribution is 7.42. The predicted octanol–water partition coefficient (Wildman–Crippen LogP) is 10.5. The summed E-state index contributed by atoms with van der Waals surface area (Å²) in [6.07, 6.45) is 0. The third-order valence-electron chi connectivity index (χ3n) is 8.13. The minimum atomic E-state index is -1.54. The van der Waals surface area contributed by atoms with Crippen LogP contribution in [0, 0.1) is 19.3 Å². The Morgan fingerprint density at radius 1 is 0.512 bits per heavy atom. The van der Waals surface area contributed by atoms with E-state index in [1.165, 1.54) is 22.3 Å². The molecule has 4 rings (SSSR count). The molecule has 1 spiro atoms. The van der Waals surface area contributed by atoms with E-state index in [0.717, 1.165) is 22.6 Å². The van der Waals surface area contributed by atoms with Gasteiger partial charge in [0.05, 0.1) is 31.8 Å². The summed E-state index contributed by atoms with van der Waals surface area (Å²) in [7, 11) is -3.08. The Morgan fingerprint density at radius 3 is 1.07 bits per heavy atom. The molecule has 6 nitrogen and oxygen atoms in total. The summed E-state index contributed by atoms with van der Waals surface area (Å²) in [5, 5.41) is 0. The molecule has 8 heteroatoms. The fourth-order valence-electron chi connectivity index (χ4n) is 5.11. The summed E-state index contributed by atoms with van der Waals surface area (Å²) >= 11 is 0. The van der Waals surface area contributed by atoms with E-state index < -0.39 is 17.2 Å². The molecule has 2 heterocycles. The van der Waals surface area contributed by atoms with Gasteiger partial charge in [-0.3, -0.25) is 0 Å². The monoisotopic (exact) mass is 632 g/mol. The van der Waals surface area contributed by atoms with Gasteiger partial charge in [0.25, 0.3) is 0 Å². The molecule has 0 N–H and O–H groups in total. The van der Waals surface area contributed by atoms with Crippen molar-refractivity contribution in [2.75, 3.05) is 26.4 Å². The van der Waals surface area contributed by atoms with Gasteiger partial charge in [-0.1, -0.05) is 107 Å². The third-order valence-corrected chi connectivity index (χ3v) is 10.2. The van der Waals surface area contributed by atoms with E-state index in [2.05, 4.69) is 121 Å². The van der Waals surface area contributed by atoms with Crippen molar-refractivity contribution in [2.24, 2.45) is 5.41 Å². The van der Waals surface area contributed by atoms with Gasteiger partial charge in [-0.2, -0.15) is 0 Å². The van der Waals surface area contributed by atoms with Crippen LogP contribution in [0.25, 0.3) is 0 Å². The first-order valence-corrected chi connectivity index (χ1v) is 17.6. The number of benzene rings is 2. The Bertz CT molecular complexity index is 1190. The summed E-state index contributed by atoms with van der Waals surface area (Å²) in [5.74, 6) is 1.72. The van der Waals surface area contributed by atoms with Gasteiger partial charge in [0.1, 0.15) is 11.5 Å². The zero-order valence-electron chi connectivity index (χ0n) is 29.0. The molecular weight excluding hydrogens is 578 g/mol. The van der Waals surface area contributed by atoms with E-state index >= 15 is 0 Å². The first-order chi connectivity index (χ1) is 19.6. The fourth-order valence-corrected chi connectivity index (χ4v) is 7.77. The Morgan fingerprint density at radius 2 is 0.814 bits per heavy atom. The van der Waals surface area contributed by atoms with Crippen LogP contribution in [0.4, 0.5) is 0 Å². The molecule has 0 saturated carbocycles. The molecule has 2 aliphatic heterocycles. The molecule has 240 valence electrons. The quantitative estimate of drug-likeness (QED) is 0.313. The standard InChI is InChI=1S/C35H54O6P2/c1-23-15-25(31(3,4)5)17-27(33(9,10)11)29(23)40-42-36-19-35(20-37-42)21-38-43(39-22-35)41-30-24(2)16-26(32(6,7)8)18-28(30)34(12,13)14/h15-18H,19-22H2,1-14H3. The summed E-state index contributed by atoms with van der Waals surface area (Å²) in [4.78, 5) is 0. The molecule has 43 heavy (non-hydrogen) atoms. The summed E-state index contributed by atoms with van der Waals surface area (Å²) in [6.45, 7) is 32.7. The average Bonchev–Trinajstić information content (AvgIpc) is 2.86. The van der Waals surface area contributed by atoms with Gasteiger partial charge >= 0.3 is 17.2 Å². The molecule has 2 aromatic rings. The lowest BCUT2D eigenvalue weighted by Crippen LogP contribution is -2.45. The maximum absolute atomic E-state index is 6.46. The molecule has 0 unspecified atom stereocenters. The Balaban J connectivity index is 1.42. The summed E-state index contributed by atoms with van der Waals surface area (Å²) in [6, 6.07) is 9.00. The minimum absolute atomic E-state index is 0.0475. The lowest BCUT2D eigenvalue weighted by molar-refractivity contribution is -0.0674. The van der Waals surface area contributed by atoms with Gasteiger partial charge < -0.3 is 27.1 Å². The molecule has 0 bridgehead atoms. The highest BCUT2D eigenvalue weighted by atomic mass is 31.2. The second kappa shape index (κ2) is 12.2. The van der Waals surface area contributed by atoms with Gasteiger partial charge in [0.2, 0.25) is 0 Å². The molecule has 0 atom stereocenters. The van der Waals surface area contributed by atoms with Gasteiger partial charge in [0, 0.05) is 11.1 Å². The van der Waals surface area contributed by atoms with Crippen molar-refractivity contribution in [3.8, 4) is 11.5 Å². The van der Waals surface area contributed by atoms with E-state index in [4.69, 9.17) is 27.1 Å². The van der Waals surface area contributed by atoms with Gasteiger partial charge in [-0.25, -0.2) is 0 Å². The van der Waals surface area contributed by atoms with Crippen LogP contribution in [0.5, 0.6) is 11.5 Å². The van der Waals surface area contributed by atoms with Crippen LogP contribution >= 0.6 is 17.2 Å². The Kier molecular flexibility index (Phi) is 9.79. The van der Waals surface area contributed by atoms with Crippen LogP contribution in [0.1, 0.15) is 116 Å². The van der Waals surface area contributed by atoms with Crippen molar-refractivity contribution in [1.29, 1.82) is 0 Å². The summed E-state index contributed by atoms with van der Waals surface area (Å²) in [5.41, 5.74) is 6.65. The average molecular weight is 633 g/mol. The van der Waals surface area contributed by atoms with Crippen molar-refractivity contribution in [3.05, 3.63) is 57.6 Å². The van der Waals surface area contributed by atoms with E-state index in [9.17, 15) is 0 Å². The Labute approximate surface area is 263 Å². The highest BCUT2D eigenvalue weighted by Gasteiger charge is 2.45. The molecule has 0 aromatic heterocycles. The van der Waals surface area contributed by atoms with Crippen molar-refractivity contribution in [2.45, 2.75) is 119 Å². The number of aryl methyl sites for hydroxylation is 2. The van der Waals surface area contributed by atoms with Crippen molar-refractivity contribution in [3.63, 3.8) is 0 Å². The first kappa shape index (κ1) is 34.6. The van der Waals surface area contributed by atoms with Crippen LogP contribution < -0.4 is 9.05 Å². The molecular formula is C35H54O6P2. The van der Waals surface area contributed by atoms with Crippen LogP contribution in [0.15, 0.2) is 24.3 Å². The van der Waals surface area contributed by atoms with Crippen LogP contribution in [-0.2, 0) is 39.8 Å². The minimum Gasteiger partial charge on any atom is -0.426 e. The normalized spacial score (nSPS) is 23.9. The van der Waals surface area contributed by atoms with Crippen LogP contribution in [-0.4, -0.2) is 26.4 Å². The molecule has 2 saturated heterocycles. The zero-order valence-corrected chi connectivity index (χ0v) is 30.8. The topological polar surface area (TPSA) is 55.4 Å². The second-order valence-electron chi connectivity index (χ2n) is 16.6. The lowest BCUT2D eigenvalue weighted by atomic mass is 9.79.